The largest absolute Gasteiger partial charge is 0.534 e. The van der Waals surface area contributed by atoms with Crippen LogP contribution in [0.2, 0.25) is 0 Å². The minimum atomic E-state index is -5.85. The van der Waals surface area contributed by atoms with Gasteiger partial charge in [-0.15, -0.1) is 0 Å². The van der Waals surface area contributed by atoms with Gasteiger partial charge in [-0.1, -0.05) is 12.1 Å². The van der Waals surface area contributed by atoms with E-state index in [2.05, 4.69) is 14.4 Å². The van der Waals surface area contributed by atoms with Crippen molar-refractivity contribution in [2.45, 2.75) is 72.1 Å². The number of fused-ring (bicyclic) bond motifs is 2. The first-order valence-corrected chi connectivity index (χ1v) is 14.1. The van der Waals surface area contributed by atoms with E-state index in [0.717, 1.165) is 16.1 Å². The summed E-state index contributed by atoms with van der Waals surface area (Å²) < 4.78 is 76.8. The van der Waals surface area contributed by atoms with Gasteiger partial charge in [0.15, 0.2) is 5.75 Å². The van der Waals surface area contributed by atoms with Crippen LogP contribution in [0.1, 0.15) is 52.9 Å². The first-order chi connectivity index (χ1) is 19.5. The van der Waals surface area contributed by atoms with Crippen LogP contribution in [-0.2, 0) is 19.6 Å². The van der Waals surface area contributed by atoms with E-state index < -0.39 is 44.8 Å². The SMILES string of the molecule is Cc1nn(C(=O)OC(C)(C)C)c2cccc(N)c12.Cc1nn(C(=O)OC(C)(C)C)c2cccc(OS(=O)(=O)C(F)(F)F)c12. The lowest BCUT2D eigenvalue weighted by atomic mass is 10.2. The lowest BCUT2D eigenvalue weighted by Crippen LogP contribution is -2.28. The van der Waals surface area contributed by atoms with Gasteiger partial charge in [-0.05, 0) is 79.7 Å². The van der Waals surface area contributed by atoms with E-state index in [-0.39, 0.29) is 16.6 Å². The van der Waals surface area contributed by atoms with Crippen LogP contribution in [-0.4, -0.2) is 56.9 Å². The summed E-state index contributed by atoms with van der Waals surface area (Å²) in [5.74, 6) is -0.581. The van der Waals surface area contributed by atoms with E-state index in [1.807, 2.05) is 27.7 Å². The van der Waals surface area contributed by atoms with Crippen molar-refractivity contribution < 1.29 is 44.8 Å². The number of nitrogen functional groups attached to an aromatic ring is 1. The molecule has 0 unspecified atom stereocenters. The highest BCUT2D eigenvalue weighted by molar-refractivity contribution is 7.88. The molecule has 0 saturated heterocycles. The van der Waals surface area contributed by atoms with Crippen molar-refractivity contribution in [2.24, 2.45) is 0 Å². The van der Waals surface area contributed by atoms with Crippen LogP contribution in [0.25, 0.3) is 21.8 Å². The Morgan fingerprint density at radius 1 is 0.767 bits per heavy atom. The number of benzene rings is 2. The van der Waals surface area contributed by atoms with Crippen molar-refractivity contribution in [3.63, 3.8) is 0 Å². The van der Waals surface area contributed by atoms with Gasteiger partial charge in [0.2, 0.25) is 0 Å². The molecule has 0 aliphatic carbocycles. The molecule has 0 fully saturated rings. The molecule has 0 spiro atoms. The number of hydrogen-bond donors (Lipinski definition) is 1. The Bertz CT molecular complexity index is 1800. The summed E-state index contributed by atoms with van der Waals surface area (Å²) >= 11 is 0. The van der Waals surface area contributed by atoms with E-state index >= 15 is 0 Å². The Morgan fingerprint density at radius 3 is 1.63 bits per heavy atom. The highest BCUT2D eigenvalue weighted by atomic mass is 32.2. The number of nitrogens with two attached hydrogens (primary N) is 1. The van der Waals surface area contributed by atoms with Crippen LogP contribution in [0.15, 0.2) is 36.4 Å². The highest BCUT2D eigenvalue weighted by Gasteiger charge is 2.49. The lowest BCUT2D eigenvalue weighted by Gasteiger charge is -2.19. The van der Waals surface area contributed by atoms with Gasteiger partial charge in [0.25, 0.3) is 0 Å². The maximum atomic E-state index is 12.5. The van der Waals surface area contributed by atoms with Gasteiger partial charge in [0, 0.05) is 11.1 Å². The predicted octanol–water partition coefficient (Wildman–Crippen LogP) is 6.07. The van der Waals surface area contributed by atoms with Crippen molar-refractivity contribution in [1.29, 1.82) is 0 Å². The average Bonchev–Trinajstić information content (AvgIpc) is 3.35. The fourth-order valence-corrected chi connectivity index (χ4v) is 4.29. The summed E-state index contributed by atoms with van der Waals surface area (Å²) in [4.78, 5) is 24.2. The fourth-order valence-electron chi connectivity index (χ4n) is 3.82. The van der Waals surface area contributed by atoms with Gasteiger partial charge in [-0.3, -0.25) is 0 Å². The molecule has 4 aromatic rings. The van der Waals surface area contributed by atoms with Crippen LogP contribution in [0.5, 0.6) is 5.75 Å². The Labute approximate surface area is 245 Å². The van der Waals surface area contributed by atoms with Crippen molar-refractivity contribution in [3.05, 3.63) is 47.8 Å². The summed E-state index contributed by atoms with van der Waals surface area (Å²) in [5, 5.41) is 8.86. The number of rotatable bonds is 2. The van der Waals surface area contributed by atoms with Gasteiger partial charge in [0.1, 0.15) is 11.2 Å². The standard InChI is InChI=1S/C14H15F3N2O5S.C13H17N3O2/c1-8-11-9(19(18-8)12(20)23-13(2,3)4)6-5-7-10(11)24-25(21,22)14(15,16)17;1-8-11-9(14)6-5-7-10(11)16(15-8)12(17)18-13(2,3)4/h5-7H,1-4H3;5-7H,14H2,1-4H3. The number of ether oxygens (including phenoxy) is 2. The topological polar surface area (TPSA) is 158 Å². The van der Waals surface area contributed by atoms with Crippen LogP contribution in [0, 0.1) is 13.8 Å². The number of halogens is 3. The van der Waals surface area contributed by atoms with Crippen LogP contribution < -0.4 is 9.92 Å². The van der Waals surface area contributed by atoms with Crippen LogP contribution in [0.3, 0.4) is 0 Å². The van der Waals surface area contributed by atoms with Crippen molar-refractivity contribution in [1.82, 2.24) is 19.6 Å². The quantitative estimate of drug-likeness (QED) is 0.157. The number of carbonyl (C=O) groups is 2. The Kier molecular flexibility index (Phi) is 8.79. The first-order valence-electron chi connectivity index (χ1n) is 12.7. The molecular weight excluding hydrogens is 595 g/mol. The van der Waals surface area contributed by atoms with E-state index in [1.54, 1.807) is 39.0 Å². The zero-order chi connectivity index (χ0) is 32.7. The third-order valence-corrected chi connectivity index (χ3v) is 6.34. The number of alkyl halides is 3. The molecule has 0 saturated carbocycles. The number of hydrogen-bond acceptors (Lipinski definition) is 10. The number of aromatic nitrogens is 4. The number of carbonyl (C=O) groups excluding carboxylic acids is 2. The molecule has 0 atom stereocenters. The molecule has 43 heavy (non-hydrogen) atoms. The van der Waals surface area contributed by atoms with Crippen LogP contribution in [0.4, 0.5) is 28.4 Å². The molecule has 2 N–H and O–H groups in total. The molecule has 12 nitrogen and oxygen atoms in total. The Morgan fingerprint density at radius 2 is 1.19 bits per heavy atom. The summed E-state index contributed by atoms with van der Waals surface area (Å²) in [7, 11) is -5.85. The second-order valence-corrected chi connectivity index (χ2v) is 12.9. The molecule has 2 aromatic heterocycles. The van der Waals surface area contributed by atoms with E-state index in [9.17, 15) is 31.2 Å². The number of nitrogens with zero attached hydrogens (tertiary/aromatic N) is 4. The second-order valence-electron chi connectivity index (χ2n) is 11.3. The third kappa shape index (κ3) is 7.55. The van der Waals surface area contributed by atoms with E-state index in [0.29, 0.717) is 16.9 Å². The molecule has 0 bridgehead atoms. The van der Waals surface area contributed by atoms with E-state index in [4.69, 9.17) is 15.2 Å². The summed E-state index contributed by atoms with van der Waals surface area (Å²) in [6, 6.07) is 9.04. The molecule has 0 amide bonds. The molecule has 0 radical (unpaired) electrons. The zero-order valence-electron chi connectivity index (χ0n) is 24.7. The monoisotopic (exact) mass is 627 g/mol. The fraction of sp³-hybridized carbons (Fsp3) is 0.407. The maximum absolute atomic E-state index is 12.5. The average molecular weight is 628 g/mol. The van der Waals surface area contributed by atoms with Crippen molar-refractivity contribution in [3.8, 4) is 5.75 Å². The molecule has 0 aliphatic rings. The van der Waals surface area contributed by atoms with Gasteiger partial charge in [0.05, 0.1) is 27.8 Å². The lowest BCUT2D eigenvalue weighted by molar-refractivity contribution is -0.0499. The van der Waals surface area contributed by atoms with Crippen molar-refractivity contribution in [2.75, 3.05) is 5.73 Å². The van der Waals surface area contributed by atoms with Crippen LogP contribution >= 0.6 is 0 Å². The zero-order valence-corrected chi connectivity index (χ0v) is 25.5. The minimum Gasteiger partial charge on any atom is -0.442 e. The molecule has 234 valence electrons. The molecule has 4 rings (SSSR count). The molecule has 16 heteroatoms. The third-order valence-electron chi connectivity index (χ3n) is 5.37. The van der Waals surface area contributed by atoms with Gasteiger partial charge in [-0.25, -0.2) is 9.59 Å². The maximum Gasteiger partial charge on any atom is 0.534 e. The normalized spacial score (nSPS) is 12.5. The molecule has 2 heterocycles. The first kappa shape index (κ1) is 33.2. The Hall–Kier alpha value is -4.34. The molecule has 2 aromatic carbocycles. The predicted molar refractivity (Wildman–Crippen MR) is 152 cm³/mol. The highest BCUT2D eigenvalue weighted by Crippen LogP contribution is 2.33. The number of aryl methyl sites for hydroxylation is 2. The summed E-state index contributed by atoms with van der Waals surface area (Å²) in [5.41, 5.74) is 1.10. The van der Waals surface area contributed by atoms with Gasteiger partial charge >= 0.3 is 27.8 Å². The smallest absolute Gasteiger partial charge is 0.442 e. The molecule has 0 aliphatic heterocycles. The van der Waals surface area contributed by atoms with Gasteiger partial charge < -0.3 is 19.4 Å². The van der Waals surface area contributed by atoms with E-state index in [1.165, 1.54) is 23.7 Å². The minimum absolute atomic E-state index is 0.0406. The summed E-state index contributed by atoms with van der Waals surface area (Å²) in [6.45, 7) is 13.6. The number of anilines is 1. The second kappa shape index (κ2) is 11.4. The Balaban J connectivity index is 0.000000248. The molecular formula is C27H32F3N5O7S. The van der Waals surface area contributed by atoms with Crippen molar-refractivity contribution >= 4 is 49.8 Å². The van der Waals surface area contributed by atoms with Gasteiger partial charge in [-0.2, -0.15) is 41.2 Å². The summed E-state index contributed by atoms with van der Waals surface area (Å²) in [6.07, 6.45) is -1.35.